The monoisotopic (exact) mass is 413 g/mol. The van der Waals surface area contributed by atoms with Crippen molar-refractivity contribution in [3.05, 3.63) is 106 Å². The molecule has 0 saturated heterocycles. The van der Waals surface area contributed by atoms with Crippen molar-refractivity contribution in [2.75, 3.05) is 5.32 Å². The molecular weight excluding hydrogens is 398 g/mol. The third kappa shape index (κ3) is 5.62. The topological polar surface area (TPSA) is 122 Å². The van der Waals surface area contributed by atoms with Gasteiger partial charge >= 0.3 is 5.97 Å². The molecule has 0 unspecified atom stereocenters. The molecule has 0 aliphatic carbocycles. The maximum absolute atomic E-state index is 12.4. The van der Waals surface area contributed by atoms with Crippen LogP contribution in [0.3, 0.4) is 0 Å². The first-order valence-corrected chi connectivity index (χ1v) is 9.01. The van der Waals surface area contributed by atoms with Crippen molar-refractivity contribution in [3.63, 3.8) is 0 Å². The maximum Gasteiger partial charge on any atom is 0.343 e. The molecule has 3 rings (SSSR count). The number of nitriles is 1. The van der Waals surface area contributed by atoms with Crippen molar-refractivity contribution in [1.82, 2.24) is 0 Å². The number of carbonyl (C=O) groups is 2. The summed E-state index contributed by atoms with van der Waals surface area (Å²) in [4.78, 5) is 34.7. The lowest BCUT2D eigenvalue weighted by Crippen LogP contribution is -2.13. The molecule has 1 amide bonds. The predicted molar refractivity (Wildman–Crippen MR) is 113 cm³/mol. The number of nitro groups is 1. The number of anilines is 1. The summed E-state index contributed by atoms with van der Waals surface area (Å²) in [6.07, 6.45) is 1.36. The Bertz CT molecular complexity index is 1200. The Morgan fingerprint density at radius 3 is 2.35 bits per heavy atom. The van der Waals surface area contributed by atoms with Crippen LogP contribution in [0.25, 0.3) is 6.08 Å². The lowest BCUT2D eigenvalue weighted by atomic mass is 10.1. The van der Waals surface area contributed by atoms with Gasteiger partial charge in [-0.3, -0.25) is 14.9 Å². The van der Waals surface area contributed by atoms with Crippen LogP contribution in [0.5, 0.6) is 5.75 Å². The van der Waals surface area contributed by atoms with E-state index in [-0.39, 0.29) is 16.9 Å². The minimum absolute atomic E-state index is 0.180. The van der Waals surface area contributed by atoms with Crippen molar-refractivity contribution >= 4 is 29.3 Å². The second kappa shape index (κ2) is 9.62. The van der Waals surface area contributed by atoms with E-state index in [4.69, 9.17) is 4.74 Å². The number of amides is 1. The van der Waals surface area contributed by atoms with Gasteiger partial charge in [-0.25, -0.2) is 4.79 Å². The van der Waals surface area contributed by atoms with Gasteiger partial charge in [-0.15, -0.1) is 0 Å². The van der Waals surface area contributed by atoms with E-state index in [1.54, 1.807) is 60.7 Å². The van der Waals surface area contributed by atoms with Gasteiger partial charge in [0.25, 0.3) is 11.6 Å². The molecule has 31 heavy (non-hydrogen) atoms. The van der Waals surface area contributed by atoms with Crippen molar-refractivity contribution in [1.29, 1.82) is 5.26 Å². The van der Waals surface area contributed by atoms with E-state index in [1.807, 2.05) is 0 Å². The Hall–Kier alpha value is -4.77. The number of esters is 1. The molecule has 0 spiro atoms. The third-order valence-electron chi connectivity index (χ3n) is 4.09. The number of benzene rings is 3. The summed E-state index contributed by atoms with van der Waals surface area (Å²) in [5, 5.41) is 22.6. The average molecular weight is 413 g/mol. The zero-order valence-electron chi connectivity index (χ0n) is 16.0. The average Bonchev–Trinajstić information content (AvgIpc) is 2.79. The first-order valence-electron chi connectivity index (χ1n) is 9.01. The molecule has 0 fully saturated rings. The van der Waals surface area contributed by atoms with Gasteiger partial charge in [-0.2, -0.15) is 5.26 Å². The Morgan fingerprint density at radius 1 is 1.00 bits per heavy atom. The minimum atomic E-state index is -0.706. The summed E-state index contributed by atoms with van der Waals surface area (Å²) < 4.78 is 5.28. The number of rotatable bonds is 6. The molecule has 0 bridgehead atoms. The van der Waals surface area contributed by atoms with Crippen LogP contribution in [0.1, 0.15) is 15.9 Å². The molecule has 8 nitrogen and oxygen atoms in total. The molecule has 152 valence electrons. The fourth-order valence-electron chi connectivity index (χ4n) is 2.58. The highest BCUT2D eigenvalue weighted by Crippen LogP contribution is 2.19. The second-order valence-corrected chi connectivity index (χ2v) is 6.26. The number of carbonyl (C=O) groups excluding carboxylic acids is 2. The molecule has 3 aromatic carbocycles. The Morgan fingerprint density at radius 2 is 1.71 bits per heavy atom. The van der Waals surface area contributed by atoms with E-state index in [9.17, 15) is 25.0 Å². The van der Waals surface area contributed by atoms with E-state index in [1.165, 1.54) is 30.3 Å². The van der Waals surface area contributed by atoms with Gasteiger partial charge in [0.1, 0.15) is 17.4 Å². The molecule has 0 aromatic heterocycles. The van der Waals surface area contributed by atoms with Crippen molar-refractivity contribution in [2.24, 2.45) is 0 Å². The highest BCUT2D eigenvalue weighted by molar-refractivity contribution is 6.09. The first-order chi connectivity index (χ1) is 15.0. The molecule has 0 atom stereocenters. The molecule has 8 heteroatoms. The quantitative estimate of drug-likeness (QED) is 0.160. The molecule has 0 aliphatic heterocycles. The van der Waals surface area contributed by atoms with Crippen molar-refractivity contribution in [2.45, 2.75) is 0 Å². The van der Waals surface area contributed by atoms with Gasteiger partial charge in [0.2, 0.25) is 0 Å². The van der Waals surface area contributed by atoms with E-state index in [0.717, 1.165) is 0 Å². The number of ether oxygens (including phenoxy) is 1. The summed E-state index contributed by atoms with van der Waals surface area (Å²) in [5.41, 5.74) is 0.770. The van der Waals surface area contributed by atoms with Gasteiger partial charge in [0, 0.05) is 17.8 Å². The van der Waals surface area contributed by atoms with Crippen LogP contribution >= 0.6 is 0 Å². The summed E-state index contributed by atoms with van der Waals surface area (Å²) in [7, 11) is 0. The zero-order valence-corrected chi connectivity index (χ0v) is 16.0. The van der Waals surface area contributed by atoms with E-state index in [2.05, 4.69) is 5.32 Å². The first kappa shape index (κ1) is 21.0. The van der Waals surface area contributed by atoms with E-state index in [0.29, 0.717) is 16.9 Å². The van der Waals surface area contributed by atoms with Crippen LogP contribution in [0.15, 0.2) is 84.4 Å². The number of hydrogen-bond acceptors (Lipinski definition) is 6. The molecule has 0 saturated carbocycles. The van der Waals surface area contributed by atoms with Crippen molar-refractivity contribution < 1.29 is 19.2 Å². The third-order valence-corrected chi connectivity index (χ3v) is 4.09. The smallest absolute Gasteiger partial charge is 0.343 e. The number of nitrogens with zero attached hydrogens (tertiary/aromatic N) is 2. The van der Waals surface area contributed by atoms with Crippen LogP contribution in [0, 0.1) is 21.4 Å². The van der Waals surface area contributed by atoms with Gasteiger partial charge < -0.3 is 10.1 Å². The predicted octanol–water partition coefficient (Wildman–Crippen LogP) is 4.36. The molecule has 0 heterocycles. The van der Waals surface area contributed by atoms with Gasteiger partial charge in [-0.1, -0.05) is 36.4 Å². The van der Waals surface area contributed by atoms with Gasteiger partial charge in [0.15, 0.2) is 0 Å². The number of hydrogen-bond donors (Lipinski definition) is 1. The zero-order chi connectivity index (χ0) is 22.2. The summed E-state index contributed by atoms with van der Waals surface area (Å²) in [6.45, 7) is 0. The number of non-ortho nitro benzene ring substituents is 1. The lowest BCUT2D eigenvalue weighted by Gasteiger charge is -2.06. The van der Waals surface area contributed by atoms with Crippen LogP contribution in [-0.2, 0) is 4.79 Å². The highest BCUT2D eigenvalue weighted by atomic mass is 16.6. The normalized spacial score (nSPS) is 10.6. The molecule has 3 aromatic rings. The van der Waals surface area contributed by atoms with Crippen LogP contribution in [0.2, 0.25) is 0 Å². The highest BCUT2D eigenvalue weighted by Gasteiger charge is 2.12. The fraction of sp³-hybridized carbons (Fsp3) is 0. The minimum Gasteiger partial charge on any atom is -0.423 e. The van der Waals surface area contributed by atoms with E-state index >= 15 is 0 Å². The van der Waals surface area contributed by atoms with Crippen LogP contribution in [-0.4, -0.2) is 16.8 Å². The largest absolute Gasteiger partial charge is 0.423 e. The van der Waals surface area contributed by atoms with Crippen molar-refractivity contribution in [3.8, 4) is 11.8 Å². The van der Waals surface area contributed by atoms with E-state index < -0.39 is 16.8 Å². The SMILES string of the molecule is N#C/C(=C\c1ccc(OC(=O)c2ccccc2)cc1)C(=O)Nc1cccc([N+](=O)[O-])c1. The maximum atomic E-state index is 12.4. The Kier molecular flexibility index (Phi) is 6.50. The Labute approximate surface area is 177 Å². The summed E-state index contributed by atoms with van der Waals surface area (Å²) >= 11 is 0. The van der Waals surface area contributed by atoms with Crippen LogP contribution < -0.4 is 10.1 Å². The number of nitro benzene ring substituents is 1. The molecular formula is C23H15N3O5. The van der Waals surface area contributed by atoms with Gasteiger partial charge in [0.05, 0.1) is 10.5 Å². The second-order valence-electron chi connectivity index (χ2n) is 6.26. The molecule has 0 radical (unpaired) electrons. The summed E-state index contributed by atoms with van der Waals surface area (Å²) in [5.74, 6) is -0.897. The van der Waals surface area contributed by atoms with Crippen LogP contribution in [0.4, 0.5) is 11.4 Å². The molecule has 0 aliphatic rings. The Balaban J connectivity index is 1.70. The number of nitrogens with one attached hydrogen (secondary N) is 1. The molecule has 1 N–H and O–H groups in total. The lowest BCUT2D eigenvalue weighted by molar-refractivity contribution is -0.384. The summed E-state index contributed by atoms with van der Waals surface area (Å²) in [6, 6.07) is 22.0. The standard InChI is InChI=1S/C23H15N3O5/c24-15-18(22(27)25-19-7-4-8-20(14-19)26(29)30)13-16-9-11-21(12-10-16)31-23(28)17-5-2-1-3-6-17/h1-14H,(H,25,27)/b18-13+. The van der Waals surface area contributed by atoms with Gasteiger partial charge in [-0.05, 0) is 42.0 Å². The fourth-order valence-corrected chi connectivity index (χ4v) is 2.58.